The number of benzene rings is 2. The van der Waals surface area contributed by atoms with E-state index in [9.17, 15) is 4.79 Å². The lowest BCUT2D eigenvalue weighted by Crippen LogP contribution is -2.28. The van der Waals surface area contributed by atoms with Gasteiger partial charge in [-0.15, -0.1) is 0 Å². The van der Waals surface area contributed by atoms with Crippen molar-refractivity contribution in [1.29, 1.82) is 0 Å². The van der Waals surface area contributed by atoms with E-state index in [-0.39, 0.29) is 5.91 Å². The lowest BCUT2D eigenvalue weighted by molar-refractivity contribution is 0.0777. The molecule has 2 aromatic carbocycles. The fourth-order valence-corrected chi connectivity index (χ4v) is 3.06. The van der Waals surface area contributed by atoms with Crippen LogP contribution in [0.1, 0.15) is 16.1 Å². The van der Waals surface area contributed by atoms with Crippen LogP contribution in [0.2, 0.25) is 0 Å². The van der Waals surface area contributed by atoms with Crippen LogP contribution in [-0.2, 0) is 6.54 Å². The average Bonchev–Trinajstić information content (AvgIpc) is 3.03. The first-order valence-corrected chi connectivity index (χ1v) is 8.76. The van der Waals surface area contributed by atoms with Crippen LogP contribution in [0.25, 0.3) is 5.69 Å². The number of imidazole rings is 1. The molecule has 1 aromatic heterocycles. The molecule has 0 aliphatic carbocycles. The summed E-state index contributed by atoms with van der Waals surface area (Å²) in [6, 6.07) is 17.8. The first-order valence-electron chi connectivity index (χ1n) is 8.35. The van der Waals surface area contributed by atoms with Gasteiger partial charge < -0.3 is 14.8 Å². The van der Waals surface area contributed by atoms with Gasteiger partial charge in [0.15, 0.2) is 4.77 Å². The van der Waals surface area contributed by atoms with Crippen LogP contribution in [0.3, 0.4) is 0 Å². The standard InChI is InChI=1S/C20H22N4OS/c1-22(2)16-11-9-15(10-12-16)14-23(3)19(25)18-13-21-20(26)24(18)17-7-5-4-6-8-17/h4-13H,14H2,1-3H3,(H,21,26). The molecular formula is C20H22N4OS. The molecular weight excluding hydrogens is 344 g/mol. The number of rotatable bonds is 5. The highest BCUT2D eigenvalue weighted by molar-refractivity contribution is 7.71. The Balaban J connectivity index is 1.82. The summed E-state index contributed by atoms with van der Waals surface area (Å²) in [5.74, 6) is -0.0853. The lowest BCUT2D eigenvalue weighted by atomic mass is 10.2. The van der Waals surface area contributed by atoms with Gasteiger partial charge in [-0.05, 0) is 42.0 Å². The van der Waals surface area contributed by atoms with Crippen molar-refractivity contribution in [3.63, 3.8) is 0 Å². The zero-order valence-electron chi connectivity index (χ0n) is 15.1. The van der Waals surface area contributed by atoms with Gasteiger partial charge in [0.2, 0.25) is 0 Å². The molecule has 0 bridgehead atoms. The molecule has 0 radical (unpaired) electrons. The quantitative estimate of drug-likeness (QED) is 0.697. The third kappa shape index (κ3) is 3.70. The van der Waals surface area contributed by atoms with E-state index in [1.54, 1.807) is 22.7 Å². The van der Waals surface area contributed by atoms with Crippen LogP contribution in [-0.4, -0.2) is 41.5 Å². The SMILES string of the molecule is CN(Cc1ccc(N(C)C)cc1)C(=O)c1c[nH]c(=S)n1-c1ccccc1. The van der Waals surface area contributed by atoms with Crippen molar-refractivity contribution in [3.8, 4) is 5.69 Å². The summed E-state index contributed by atoms with van der Waals surface area (Å²) < 4.78 is 2.27. The summed E-state index contributed by atoms with van der Waals surface area (Å²) in [4.78, 5) is 19.7. The Labute approximate surface area is 158 Å². The molecule has 6 heteroatoms. The number of anilines is 1. The minimum atomic E-state index is -0.0853. The molecule has 5 nitrogen and oxygen atoms in total. The minimum Gasteiger partial charge on any atom is -0.378 e. The van der Waals surface area contributed by atoms with Crippen LogP contribution in [0, 0.1) is 4.77 Å². The van der Waals surface area contributed by atoms with E-state index in [1.807, 2.05) is 61.5 Å². The van der Waals surface area contributed by atoms with Crippen molar-refractivity contribution in [3.05, 3.63) is 76.8 Å². The molecule has 0 saturated heterocycles. The number of amides is 1. The molecule has 0 spiro atoms. The number of H-pyrrole nitrogens is 1. The van der Waals surface area contributed by atoms with Crippen LogP contribution in [0.5, 0.6) is 0 Å². The second kappa shape index (κ2) is 7.58. The van der Waals surface area contributed by atoms with Gasteiger partial charge in [0.05, 0.1) is 0 Å². The summed E-state index contributed by atoms with van der Waals surface area (Å²) in [5, 5.41) is 0. The smallest absolute Gasteiger partial charge is 0.272 e. The van der Waals surface area contributed by atoms with E-state index in [1.165, 1.54) is 0 Å². The number of para-hydroxylation sites is 1. The fourth-order valence-electron chi connectivity index (χ4n) is 2.80. The normalized spacial score (nSPS) is 10.6. The van der Waals surface area contributed by atoms with Crippen LogP contribution >= 0.6 is 12.2 Å². The van der Waals surface area contributed by atoms with Gasteiger partial charge in [-0.3, -0.25) is 9.36 Å². The monoisotopic (exact) mass is 366 g/mol. The fraction of sp³-hybridized carbons (Fsp3) is 0.200. The lowest BCUT2D eigenvalue weighted by Gasteiger charge is -2.19. The Kier molecular flexibility index (Phi) is 5.23. The summed E-state index contributed by atoms with van der Waals surface area (Å²) in [7, 11) is 5.81. The topological polar surface area (TPSA) is 44.3 Å². The second-order valence-electron chi connectivity index (χ2n) is 6.37. The van der Waals surface area contributed by atoms with E-state index in [4.69, 9.17) is 12.2 Å². The molecule has 0 aliphatic rings. The van der Waals surface area contributed by atoms with E-state index >= 15 is 0 Å². The highest BCUT2D eigenvalue weighted by Crippen LogP contribution is 2.17. The third-order valence-corrected chi connectivity index (χ3v) is 4.53. The maximum absolute atomic E-state index is 13.0. The zero-order chi connectivity index (χ0) is 18.7. The summed E-state index contributed by atoms with van der Waals surface area (Å²) in [5.41, 5.74) is 3.59. The zero-order valence-corrected chi connectivity index (χ0v) is 16.0. The van der Waals surface area contributed by atoms with Crippen molar-refractivity contribution in [2.75, 3.05) is 26.0 Å². The predicted octanol–water partition coefficient (Wildman–Crippen LogP) is 3.87. The Morgan fingerprint density at radius 1 is 1.04 bits per heavy atom. The van der Waals surface area contributed by atoms with Gasteiger partial charge in [-0.25, -0.2) is 0 Å². The van der Waals surface area contributed by atoms with Crippen molar-refractivity contribution in [1.82, 2.24) is 14.5 Å². The number of aromatic amines is 1. The number of hydrogen-bond donors (Lipinski definition) is 1. The molecule has 0 unspecified atom stereocenters. The maximum Gasteiger partial charge on any atom is 0.272 e. The first kappa shape index (κ1) is 17.9. The number of carbonyl (C=O) groups excluding carboxylic acids is 1. The van der Waals surface area contributed by atoms with Gasteiger partial charge >= 0.3 is 0 Å². The molecule has 0 aliphatic heterocycles. The molecule has 3 aromatic rings. The van der Waals surface area contributed by atoms with Gasteiger partial charge in [0.25, 0.3) is 5.91 Å². The molecule has 0 fully saturated rings. The highest BCUT2D eigenvalue weighted by Gasteiger charge is 2.18. The summed E-state index contributed by atoms with van der Waals surface area (Å²) >= 11 is 5.36. The molecule has 3 rings (SSSR count). The van der Waals surface area contributed by atoms with Crippen molar-refractivity contribution < 1.29 is 4.79 Å². The highest BCUT2D eigenvalue weighted by atomic mass is 32.1. The number of aromatic nitrogens is 2. The number of nitrogens with one attached hydrogen (secondary N) is 1. The molecule has 26 heavy (non-hydrogen) atoms. The largest absolute Gasteiger partial charge is 0.378 e. The van der Waals surface area contributed by atoms with Crippen LogP contribution in [0.15, 0.2) is 60.8 Å². The van der Waals surface area contributed by atoms with Crippen LogP contribution in [0.4, 0.5) is 5.69 Å². The number of nitrogens with zero attached hydrogens (tertiary/aromatic N) is 3. The molecule has 0 atom stereocenters. The molecule has 1 amide bonds. The second-order valence-corrected chi connectivity index (χ2v) is 6.76. The molecule has 1 heterocycles. The summed E-state index contributed by atoms with van der Waals surface area (Å²) in [6.07, 6.45) is 1.67. The van der Waals surface area contributed by atoms with Gasteiger partial charge in [-0.2, -0.15) is 0 Å². The molecule has 0 saturated carbocycles. The Bertz CT molecular complexity index is 942. The molecule has 134 valence electrons. The van der Waals surface area contributed by atoms with Gasteiger partial charge in [-0.1, -0.05) is 30.3 Å². The number of hydrogen-bond acceptors (Lipinski definition) is 3. The third-order valence-electron chi connectivity index (χ3n) is 4.23. The van der Waals surface area contributed by atoms with E-state index in [0.717, 1.165) is 16.9 Å². The maximum atomic E-state index is 13.0. The molecule has 1 N–H and O–H groups in total. The first-order chi connectivity index (χ1) is 12.5. The number of carbonyl (C=O) groups is 1. The minimum absolute atomic E-state index is 0.0853. The van der Waals surface area contributed by atoms with E-state index < -0.39 is 0 Å². The predicted molar refractivity (Wildman–Crippen MR) is 108 cm³/mol. The average molecular weight is 366 g/mol. The van der Waals surface area contributed by atoms with Crippen molar-refractivity contribution >= 4 is 23.8 Å². The van der Waals surface area contributed by atoms with E-state index in [2.05, 4.69) is 17.1 Å². The van der Waals surface area contributed by atoms with Crippen LogP contribution < -0.4 is 4.90 Å². The Morgan fingerprint density at radius 2 is 1.69 bits per heavy atom. The van der Waals surface area contributed by atoms with Crippen molar-refractivity contribution in [2.24, 2.45) is 0 Å². The van der Waals surface area contributed by atoms with Gasteiger partial charge in [0, 0.05) is 45.3 Å². The summed E-state index contributed by atoms with van der Waals surface area (Å²) in [6.45, 7) is 0.527. The van der Waals surface area contributed by atoms with E-state index in [0.29, 0.717) is 17.0 Å². The van der Waals surface area contributed by atoms with Gasteiger partial charge in [0.1, 0.15) is 5.69 Å². The van der Waals surface area contributed by atoms with Crippen molar-refractivity contribution in [2.45, 2.75) is 6.54 Å². The Hall–Kier alpha value is -2.86. The Morgan fingerprint density at radius 3 is 2.31 bits per heavy atom.